The number of carbonyl (C=O) groups excluding carboxylic acids is 1. The van der Waals surface area contributed by atoms with Crippen LogP contribution in [0, 0.1) is 0 Å². The fourth-order valence-corrected chi connectivity index (χ4v) is 0.934. The lowest BCUT2D eigenvalue weighted by molar-refractivity contribution is -0.136. The second-order valence-electron chi connectivity index (χ2n) is 2.96. The van der Waals surface area contributed by atoms with Gasteiger partial charge in [-0.2, -0.15) is 0 Å². The van der Waals surface area contributed by atoms with Crippen molar-refractivity contribution in [1.29, 1.82) is 0 Å². The molecule has 2 heteroatoms. The summed E-state index contributed by atoms with van der Waals surface area (Å²) in [5.74, 6) is -0.299. The molecule has 0 unspecified atom stereocenters. The Morgan fingerprint density at radius 2 is 2.15 bits per heavy atom. The average Bonchev–Trinajstić information content (AvgIpc) is 2.16. The number of unbranched alkanes of at least 4 members (excludes halogenated alkanes) is 3. The molecule has 0 atom stereocenters. The van der Waals surface area contributed by atoms with Gasteiger partial charge in [-0.15, -0.1) is 5.73 Å². The predicted octanol–water partition coefficient (Wildman–Crippen LogP) is 2.84. The predicted molar refractivity (Wildman–Crippen MR) is 53.4 cm³/mol. The molecule has 0 spiro atoms. The number of ether oxygens (including phenoxy) is 1. The van der Waals surface area contributed by atoms with Crippen LogP contribution >= 0.6 is 0 Å². The summed E-state index contributed by atoms with van der Waals surface area (Å²) in [6.07, 6.45) is 6.50. The molecule has 0 bridgehead atoms. The maximum Gasteiger partial charge on any atom is 0.341 e. The Bertz CT molecular complexity index is 210. The van der Waals surface area contributed by atoms with E-state index in [2.05, 4.69) is 17.4 Å². The van der Waals surface area contributed by atoms with Crippen molar-refractivity contribution in [3.8, 4) is 0 Å². The maximum atomic E-state index is 10.9. The van der Waals surface area contributed by atoms with Crippen molar-refractivity contribution >= 4 is 5.97 Å². The minimum absolute atomic E-state index is 0.299. The van der Waals surface area contributed by atoms with Crippen molar-refractivity contribution in [1.82, 2.24) is 0 Å². The van der Waals surface area contributed by atoms with Crippen LogP contribution in [-0.2, 0) is 9.53 Å². The molecule has 0 saturated heterocycles. The molecular formula is C11H18O2. The lowest BCUT2D eigenvalue weighted by Crippen LogP contribution is -1.99. The average molecular weight is 182 g/mol. The van der Waals surface area contributed by atoms with Crippen LogP contribution in [0.3, 0.4) is 0 Å². The third kappa shape index (κ3) is 6.18. The SMILES string of the molecule is CCCCCC=C=C(C)C(=O)OC. The Morgan fingerprint density at radius 1 is 1.46 bits per heavy atom. The van der Waals surface area contributed by atoms with E-state index in [1.807, 2.05) is 6.08 Å². The van der Waals surface area contributed by atoms with Gasteiger partial charge in [0.25, 0.3) is 0 Å². The summed E-state index contributed by atoms with van der Waals surface area (Å²) in [7, 11) is 1.38. The van der Waals surface area contributed by atoms with Crippen LogP contribution in [-0.4, -0.2) is 13.1 Å². The van der Waals surface area contributed by atoms with Gasteiger partial charge >= 0.3 is 5.97 Å². The fraction of sp³-hybridized carbons (Fsp3) is 0.636. The molecule has 0 aliphatic carbocycles. The van der Waals surface area contributed by atoms with Crippen molar-refractivity contribution in [3.63, 3.8) is 0 Å². The van der Waals surface area contributed by atoms with Gasteiger partial charge in [0.1, 0.15) is 0 Å². The third-order valence-corrected chi connectivity index (χ3v) is 1.76. The molecule has 0 N–H and O–H groups in total. The molecule has 0 heterocycles. The van der Waals surface area contributed by atoms with E-state index in [4.69, 9.17) is 0 Å². The van der Waals surface area contributed by atoms with E-state index in [0.717, 1.165) is 12.8 Å². The second-order valence-corrected chi connectivity index (χ2v) is 2.96. The van der Waals surface area contributed by atoms with Gasteiger partial charge in [-0.1, -0.05) is 19.8 Å². The molecule has 2 nitrogen and oxygen atoms in total. The van der Waals surface area contributed by atoms with Gasteiger partial charge < -0.3 is 4.74 Å². The molecule has 0 aromatic carbocycles. The van der Waals surface area contributed by atoms with Crippen LogP contribution in [0.1, 0.15) is 39.5 Å². The largest absolute Gasteiger partial charge is 0.465 e. The van der Waals surface area contributed by atoms with E-state index in [0.29, 0.717) is 5.57 Å². The number of rotatable bonds is 5. The molecule has 0 aliphatic rings. The molecule has 0 amide bonds. The van der Waals surface area contributed by atoms with Gasteiger partial charge in [0.2, 0.25) is 0 Å². The minimum atomic E-state index is -0.299. The topological polar surface area (TPSA) is 26.3 Å². The van der Waals surface area contributed by atoms with Crippen molar-refractivity contribution in [3.05, 3.63) is 17.4 Å². The first-order valence-corrected chi connectivity index (χ1v) is 4.72. The lowest BCUT2D eigenvalue weighted by Gasteiger charge is -1.93. The van der Waals surface area contributed by atoms with Crippen molar-refractivity contribution in [2.24, 2.45) is 0 Å². The molecule has 0 fully saturated rings. The quantitative estimate of drug-likeness (QED) is 0.283. The Labute approximate surface area is 80.3 Å². The van der Waals surface area contributed by atoms with Crippen LogP contribution in [0.15, 0.2) is 17.4 Å². The molecule has 0 aliphatic heterocycles. The highest BCUT2D eigenvalue weighted by atomic mass is 16.5. The van der Waals surface area contributed by atoms with Crippen LogP contribution in [0.25, 0.3) is 0 Å². The van der Waals surface area contributed by atoms with Crippen molar-refractivity contribution in [2.45, 2.75) is 39.5 Å². The highest BCUT2D eigenvalue weighted by Gasteiger charge is 1.99. The first-order chi connectivity index (χ1) is 6.22. The summed E-state index contributed by atoms with van der Waals surface area (Å²) >= 11 is 0. The summed E-state index contributed by atoms with van der Waals surface area (Å²) in [4.78, 5) is 10.9. The number of esters is 1. The minimum Gasteiger partial charge on any atom is -0.465 e. The number of hydrogen-bond acceptors (Lipinski definition) is 2. The van der Waals surface area contributed by atoms with Crippen molar-refractivity contribution in [2.75, 3.05) is 7.11 Å². The highest BCUT2D eigenvalue weighted by molar-refractivity contribution is 5.87. The number of hydrogen-bond donors (Lipinski definition) is 0. The Kier molecular flexibility index (Phi) is 7.04. The van der Waals surface area contributed by atoms with E-state index < -0.39 is 0 Å². The Hall–Kier alpha value is -1.01. The molecule has 13 heavy (non-hydrogen) atoms. The van der Waals surface area contributed by atoms with E-state index in [1.165, 1.54) is 20.0 Å². The van der Waals surface area contributed by atoms with Crippen LogP contribution < -0.4 is 0 Å². The zero-order valence-corrected chi connectivity index (χ0v) is 8.72. The third-order valence-electron chi connectivity index (χ3n) is 1.76. The van der Waals surface area contributed by atoms with E-state index >= 15 is 0 Å². The first-order valence-electron chi connectivity index (χ1n) is 4.72. The van der Waals surface area contributed by atoms with Crippen LogP contribution in [0.2, 0.25) is 0 Å². The van der Waals surface area contributed by atoms with Crippen molar-refractivity contribution < 1.29 is 9.53 Å². The monoisotopic (exact) mass is 182 g/mol. The molecule has 0 aromatic heterocycles. The first kappa shape index (κ1) is 12.0. The smallest absolute Gasteiger partial charge is 0.341 e. The lowest BCUT2D eigenvalue weighted by atomic mass is 10.2. The van der Waals surface area contributed by atoms with Crippen LogP contribution in [0.4, 0.5) is 0 Å². The molecule has 0 saturated carbocycles. The summed E-state index contributed by atoms with van der Waals surface area (Å²) in [5, 5.41) is 0. The molecule has 74 valence electrons. The highest BCUT2D eigenvalue weighted by Crippen LogP contribution is 2.00. The van der Waals surface area contributed by atoms with Gasteiger partial charge in [-0.25, -0.2) is 4.79 Å². The maximum absolute atomic E-state index is 10.9. The van der Waals surface area contributed by atoms with Gasteiger partial charge in [-0.05, 0) is 25.8 Å². The van der Waals surface area contributed by atoms with Gasteiger partial charge in [-0.3, -0.25) is 0 Å². The van der Waals surface area contributed by atoms with Gasteiger partial charge in [0.15, 0.2) is 0 Å². The standard InChI is InChI=1S/C11H18O2/c1-4-5-6-7-8-9-10(2)11(12)13-3/h8H,4-7H2,1-3H3. The molecule has 0 aromatic rings. The zero-order chi connectivity index (χ0) is 10.1. The van der Waals surface area contributed by atoms with E-state index in [1.54, 1.807) is 6.92 Å². The summed E-state index contributed by atoms with van der Waals surface area (Å²) < 4.78 is 4.53. The van der Waals surface area contributed by atoms with Gasteiger partial charge in [0, 0.05) is 0 Å². The number of carbonyl (C=O) groups is 1. The molecule has 0 rings (SSSR count). The Balaban J connectivity index is 3.84. The summed E-state index contributed by atoms with van der Waals surface area (Å²) in [5.41, 5.74) is 3.45. The van der Waals surface area contributed by atoms with E-state index in [-0.39, 0.29) is 5.97 Å². The molecular weight excluding hydrogens is 164 g/mol. The van der Waals surface area contributed by atoms with Gasteiger partial charge in [0.05, 0.1) is 12.7 Å². The van der Waals surface area contributed by atoms with E-state index in [9.17, 15) is 4.79 Å². The fourth-order valence-electron chi connectivity index (χ4n) is 0.934. The number of methoxy groups -OCH3 is 1. The summed E-state index contributed by atoms with van der Waals surface area (Å²) in [6, 6.07) is 0. The summed E-state index contributed by atoms with van der Waals surface area (Å²) in [6.45, 7) is 3.88. The molecule has 0 radical (unpaired) electrons. The second kappa shape index (κ2) is 7.63. The zero-order valence-electron chi connectivity index (χ0n) is 8.72. The van der Waals surface area contributed by atoms with Crippen LogP contribution in [0.5, 0.6) is 0 Å². The normalized spacial score (nSPS) is 8.85. The Morgan fingerprint density at radius 3 is 2.69 bits per heavy atom.